The number of fused-ring (bicyclic) bond motifs is 5. The van der Waals surface area contributed by atoms with Crippen molar-refractivity contribution >= 4 is 33.4 Å². The minimum atomic E-state index is 0.703. The predicted molar refractivity (Wildman–Crippen MR) is 167 cm³/mol. The second-order valence-electron chi connectivity index (χ2n) is 10.1. The smallest absolute Gasteiger partial charge is 0.232 e. The summed E-state index contributed by atoms with van der Waals surface area (Å²) in [6, 6.07) is 32.9. The number of nitrogens with zero attached hydrogens (tertiary/aromatic N) is 4. The Kier molecular flexibility index (Phi) is 6.25. The summed E-state index contributed by atoms with van der Waals surface area (Å²) < 4.78 is 8.18. The second kappa shape index (κ2) is 10.4. The highest BCUT2D eigenvalue weighted by molar-refractivity contribution is 6.02. The molecule has 0 N–H and O–H groups in total. The van der Waals surface area contributed by atoms with Crippen LogP contribution in [0.5, 0.6) is 0 Å². The summed E-state index contributed by atoms with van der Waals surface area (Å²) in [5, 5.41) is 1.03. The van der Waals surface area contributed by atoms with Crippen molar-refractivity contribution in [3.8, 4) is 33.8 Å². The van der Waals surface area contributed by atoms with Gasteiger partial charge in [0.25, 0.3) is 0 Å². The van der Waals surface area contributed by atoms with Crippen LogP contribution in [0.1, 0.15) is 26.0 Å². The van der Waals surface area contributed by atoms with Crippen LogP contribution in [0.15, 0.2) is 126 Å². The Bertz CT molecular complexity index is 2080. The molecule has 0 atom stereocenters. The van der Waals surface area contributed by atoms with Crippen LogP contribution in [0.2, 0.25) is 0 Å². The Morgan fingerprint density at radius 2 is 1.54 bits per heavy atom. The van der Waals surface area contributed by atoms with E-state index in [1.807, 2.05) is 52.9 Å². The summed E-state index contributed by atoms with van der Waals surface area (Å²) in [5.41, 5.74) is 10.5. The summed E-state index contributed by atoms with van der Waals surface area (Å²) >= 11 is 0. The van der Waals surface area contributed by atoms with Crippen LogP contribution in [0.25, 0.3) is 67.2 Å². The lowest BCUT2D eigenvalue weighted by Gasteiger charge is -2.10. The van der Waals surface area contributed by atoms with Crippen LogP contribution in [0.3, 0.4) is 0 Å². The number of hydrogen-bond acceptors (Lipinski definition) is 4. The quantitative estimate of drug-likeness (QED) is 0.200. The van der Waals surface area contributed by atoms with Gasteiger partial charge in [0.2, 0.25) is 5.71 Å². The number of benzene rings is 3. The molecule has 0 unspecified atom stereocenters. The minimum Gasteiger partial charge on any atom is -0.437 e. The highest BCUT2D eigenvalue weighted by Gasteiger charge is 2.15. The average molecular weight is 533 g/mol. The van der Waals surface area contributed by atoms with Gasteiger partial charge in [0.05, 0.1) is 11.4 Å². The van der Waals surface area contributed by atoms with Gasteiger partial charge in [-0.05, 0) is 60.4 Å². The molecule has 5 nitrogen and oxygen atoms in total. The molecule has 7 aromatic rings. The zero-order valence-corrected chi connectivity index (χ0v) is 23.0. The van der Waals surface area contributed by atoms with Gasteiger partial charge in [-0.25, -0.2) is 15.0 Å². The maximum atomic E-state index is 6.16. The molecule has 0 saturated carbocycles. The van der Waals surface area contributed by atoms with Gasteiger partial charge in [-0.2, -0.15) is 0 Å². The van der Waals surface area contributed by atoms with Gasteiger partial charge in [-0.1, -0.05) is 91.9 Å². The predicted octanol–water partition coefficient (Wildman–Crippen LogP) is 9.39. The highest BCUT2D eigenvalue weighted by atomic mass is 16.3. The number of hydrogen-bond donors (Lipinski definition) is 0. The van der Waals surface area contributed by atoms with Gasteiger partial charge in [0, 0.05) is 22.7 Å². The molecule has 4 aromatic heterocycles. The first kappa shape index (κ1) is 24.7. The van der Waals surface area contributed by atoms with Gasteiger partial charge in [0.1, 0.15) is 16.7 Å². The molecule has 0 aliphatic heterocycles. The van der Waals surface area contributed by atoms with E-state index >= 15 is 0 Å². The number of pyridine rings is 1. The van der Waals surface area contributed by atoms with E-state index in [0.717, 1.165) is 73.5 Å². The van der Waals surface area contributed by atoms with Crippen LogP contribution in [-0.2, 0) is 0 Å². The SMILES string of the molecule is CC/C=C\C=C(/C)c1cc(-c2ccccc2)nc(-c2ccc(-c3ccc4nc5c6ccccc6oc5n4c3)cc2)n1. The molecule has 0 aliphatic carbocycles. The number of allylic oxidation sites excluding steroid dienone is 4. The zero-order chi connectivity index (χ0) is 27.8. The molecule has 3 aromatic carbocycles. The third kappa shape index (κ3) is 4.61. The first-order valence-electron chi connectivity index (χ1n) is 13.9. The number of aromatic nitrogens is 4. The zero-order valence-electron chi connectivity index (χ0n) is 23.0. The fraction of sp³-hybridized carbons (Fsp3) is 0.0833. The minimum absolute atomic E-state index is 0.703. The van der Waals surface area contributed by atoms with Crippen molar-refractivity contribution in [2.24, 2.45) is 0 Å². The third-order valence-electron chi connectivity index (χ3n) is 7.32. The number of furan rings is 1. The van der Waals surface area contributed by atoms with Crippen LogP contribution in [-0.4, -0.2) is 19.4 Å². The molecule has 0 radical (unpaired) electrons. The van der Waals surface area contributed by atoms with Crippen molar-refractivity contribution in [3.05, 3.63) is 127 Å². The van der Waals surface area contributed by atoms with Crippen LogP contribution in [0.4, 0.5) is 0 Å². The van der Waals surface area contributed by atoms with E-state index in [2.05, 4.69) is 86.8 Å². The summed E-state index contributed by atoms with van der Waals surface area (Å²) in [5.74, 6) is 0.703. The lowest BCUT2D eigenvalue weighted by Crippen LogP contribution is -1.97. The number of rotatable bonds is 6. The first-order chi connectivity index (χ1) is 20.2. The van der Waals surface area contributed by atoms with Crippen LogP contribution >= 0.6 is 0 Å². The fourth-order valence-corrected chi connectivity index (χ4v) is 5.10. The molecule has 4 heterocycles. The van der Waals surface area contributed by atoms with Crippen molar-refractivity contribution in [1.82, 2.24) is 19.4 Å². The van der Waals surface area contributed by atoms with Crippen molar-refractivity contribution in [2.45, 2.75) is 20.3 Å². The molecule has 7 rings (SSSR count). The summed E-state index contributed by atoms with van der Waals surface area (Å²) in [7, 11) is 0. The fourth-order valence-electron chi connectivity index (χ4n) is 5.10. The molecular formula is C36H28N4O. The first-order valence-corrected chi connectivity index (χ1v) is 13.9. The molecule has 0 aliphatic rings. The molecule has 0 fully saturated rings. The van der Waals surface area contributed by atoms with Gasteiger partial charge < -0.3 is 4.42 Å². The average Bonchev–Trinajstić information content (AvgIpc) is 3.57. The van der Waals surface area contributed by atoms with Crippen molar-refractivity contribution in [2.75, 3.05) is 0 Å². The van der Waals surface area contributed by atoms with E-state index in [1.54, 1.807) is 0 Å². The van der Waals surface area contributed by atoms with E-state index in [4.69, 9.17) is 19.4 Å². The van der Waals surface area contributed by atoms with E-state index in [0.29, 0.717) is 5.82 Å². The highest BCUT2D eigenvalue weighted by Crippen LogP contribution is 2.31. The monoisotopic (exact) mass is 532 g/mol. The Hall–Kier alpha value is -5.29. The van der Waals surface area contributed by atoms with Crippen LogP contribution in [0, 0.1) is 0 Å². The Labute approximate surface area is 238 Å². The third-order valence-corrected chi connectivity index (χ3v) is 7.32. The lowest BCUT2D eigenvalue weighted by atomic mass is 10.0. The van der Waals surface area contributed by atoms with Crippen molar-refractivity contribution in [1.29, 1.82) is 0 Å². The van der Waals surface area contributed by atoms with E-state index in [1.165, 1.54) is 0 Å². The molecular weight excluding hydrogens is 504 g/mol. The maximum absolute atomic E-state index is 6.16. The molecule has 41 heavy (non-hydrogen) atoms. The van der Waals surface area contributed by atoms with E-state index in [9.17, 15) is 0 Å². The Morgan fingerprint density at radius 1 is 0.780 bits per heavy atom. The number of para-hydroxylation sites is 1. The topological polar surface area (TPSA) is 56.2 Å². The summed E-state index contributed by atoms with van der Waals surface area (Å²) in [6.45, 7) is 4.22. The van der Waals surface area contributed by atoms with Crippen molar-refractivity contribution < 1.29 is 4.42 Å². The summed E-state index contributed by atoms with van der Waals surface area (Å²) in [4.78, 5) is 14.7. The van der Waals surface area contributed by atoms with Gasteiger partial charge in [-0.15, -0.1) is 0 Å². The maximum Gasteiger partial charge on any atom is 0.232 e. The second-order valence-corrected chi connectivity index (χ2v) is 10.1. The standard InChI is InChI=1S/C36H28N4O/c1-3-4-6-11-24(2)30-22-31(26-12-7-5-8-13-26)38-35(37-30)27-18-16-25(17-19-27)28-20-21-33-39-34-29-14-9-10-15-32(29)41-36(34)40(33)23-28/h4-23H,3H2,1-2H3/b6-4-,24-11+. The number of imidazole rings is 1. The normalized spacial score (nSPS) is 12.3. The molecule has 0 saturated heterocycles. The molecule has 0 spiro atoms. The van der Waals surface area contributed by atoms with E-state index < -0.39 is 0 Å². The van der Waals surface area contributed by atoms with E-state index in [-0.39, 0.29) is 0 Å². The largest absolute Gasteiger partial charge is 0.437 e. The Balaban J connectivity index is 1.27. The van der Waals surface area contributed by atoms with Crippen molar-refractivity contribution in [3.63, 3.8) is 0 Å². The Morgan fingerprint density at radius 3 is 2.37 bits per heavy atom. The van der Waals surface area contributed by atoms with Gasteiger partial charge in [-0.3, -0.25) is 4.40 Å². The lowest BCUT2D eigenvalue weighted by molar-refractivity contribution is 0.649. The molecule has 198 valence electrons. The van der Waals surface area contributed by atoms with Gasteiger partial charge in [0.15, 0.2) is 5.82 Å². The molecule has 0 amide bonds. The molecule has 5 heteroatoms. The summed E-state index contributed by atoms with van der Waals surface area (Å²) in [6.07, 6.45) is 9.42. The molecule has 0 bridgehead atoms. The van der Waals surface area contributed by atoms with Crippen LogP contribution < -0.4 is 0 Å². The van der Waals surface area contributed by atoms with Gasteiger partial charge >= 0.3 is 0 Å².